The third kappa shape index (κ3) is 4.95. The van der Waals surface area contributed by atoms with Gasteiger partial charge in [-0.15, -0.1) is 0 Å². The first-order valence-electron chi connectivity index (χ1n) is 5.25. The Morgan fingerprint density at radius 2 is 2.33 bits per heavy atom. The molecule has 0 unspecified atom stereocenters. The van der Waals surface area contributed by atoms with Crippen molar-refractivity contribution in [3.05, 3.63) is 11.8 Å². The predicted octanol–water partition coefficient (Wildman–Crippen LogP) is 1.30. The van der Waals surface area contributed by atoms with Crippen LogP contribution in [0.1, 0.15) is 19.3 Å². The van der Waals surface area contributed by atoms with E-state index in [9.17, 15) is 4.79 Å². The number of allylic oxidation sites excluding steroid dienone is 1. The SMILES string of the molecule is COCCOCCC(=O)C1=COCCC1. The smallest absolute Gasteiger partial charge is 0.164 e. The van der Waals surface area contributed by atoms with Crippen LogP contribution in [0.5, 0.6) is 0 Å². The highest BCUT2D eigenvalue weighted by Gasteiger charge is 2.12. The van der Waals surface area contributed by atoms with Crippen LogP contribution in [0.3, 0.4) is 0 Å². The van der Waals surface area contributed by atoms with Gasteiger partial charge in [0.1, 0.15) is 0 Å². The summed E-state index contributed by atoms with van der Waals surface area (Å²) in [5.74, 6) is 0.132. The second kappa shape index (κ2) is 7.43. The van der Waals surface area contributed by atoms with E-state index < -0.39 is 0 Å². The molecule has 0 aromatic rings. The minimum atomic E-state index is 0.132. The third-order valence-corrected chi connectivity index (χ3v) is 2.20. The summed E-state index contributed by atoms with van der Waals surface area (Å²) in [4.78, 5) is 11.6. The number of carbonyl (C=O) groups is 1. The van der Waals surface area contributed by atoms with Crippen LogP contribution in [-0.2, 0) is 19.0 Å². The van der Waals surface area contributed by atoms with E-state index in [0.717, 1.165) is 25.0 Å². The van der Waals surface area contributed by atoms with Gasteiger partial charge in [0.25, 0.3) is 0 Å². The molecule has 0 N–H and O–H groups in total. The Bertz CT molecular complexity index is 223. The lowest BCUT2D eigenvalue weighted by atomic mass is 10.0. The van der Waals surface area contributed by atoms with Gasteiger partial charge < -0.3 is 14.2 Å². The molecule has 4 heteroatoms. The molecule has 86 valence electrons. The number of methoxy groups -OCH3 is 1. The van der Waals surface area contributed by atoms with Crippen molar-refractivity contribution in [2.24, 2.45) is 0 Å². The average molecular weight is 214 g/mol. The van der Waals surface area contributed by atoms with E-state index in [-0.39, 0.29) is 5.78 Å². The zero-order valence-corrected chi connectivity index (χ0v) is 9.16. The fourth-order valence-electron chi connectivity index (χ4n) is 1.34. The third-order valence-electron chi connectivity index (χ3n) is 2.20. The maximum absolute atomic E-state index is 11.6. The topological polar surface area (TPSA) is 44.8 Å². The molecule has 0 aromatic heterocycles. The monoisotopic (exact) mass is 214 g/mol. The highest BCUT2D eigenvalue weighted by Crippen LogP contribution is 2.13. The molecule has 1 aliphatic rings. The van der Waals surface area contributed by atoms with Gasteiger partial charge in [-0.3, -0.25) is 4.79 Å². The van der Waals surface area contributed by atoms with Crippen molar-refractivity contribution in [3.63, 3.8) is 0 Å². The van der Waals surface area contributed by atoms with Crippen molar-refractivity contribution < 1.29 is 19.0 Å². The summed E-state index contributed by atoms with van der Waals surface area (Å²) in [6, 6.07) is 0. The molecule has 1 aliphatic heterocycles. The molecule has 0 fully saturated rings. The molecule has 0 aliphatic carbocycles. The minimum Gasteiger partial charge on any atom is -0.501 e. The molecule has 0 amide bonds. The van der Waals surface area contributed by atoms with Crippen molar-refractivity contribution in [3.8, 4) is 0 Å². The molecule has 4 nitrogen and oxygen atoms in total. The lowest BCUT2D eigenvalue weighted by Crippen LogP contribution is -2.12. The Morgan fingerprint density at radius 1 is 1.47 bits per heavy atom. The number of ether oxygens (including phenoxy) is 3. The summed E-state index contributed by atoms with van der Waals surface area (Å²) < 4.78 is 15.1. The lowest BCUT2D eigenvalue weighted by Gasteiger charge is -2.12. The van der Waals surface area contributed by atoms with E-state index >= 15 is 0 Å². The first kappa shape index (κ1) is 12.2. The fourth-order valence-corrected chi connectivity index (χ4v) is 1.34. The van der Waals surface area contributed by atoms with Crippen LogP contribution in [0, 0.1) is 0 Å². The summed E-state index contributed by atoms with van der Waals surface area (Å²) in [5.41, 5.74) is 0.789. The Hall–Kier alpha value is -0.870. The van der Waals surface area contributed by atoms with Gasteiger partial charge in [0.15, 0.2) is 5.78 Å². The van der Waals surface area contributed by atoms with Crippen LogP contribution in [0.15, 0.2) is 11.8 Å². The van der Waals surface area contributed by atoms with Gasteiger partial charge in [-0.25, -0.2) is 0 Å². The Morgan fingerprint density at radius 3 is 3.00 bits per heavy atom. The summed E-state index contributed by atoms with van der Waals surface area (Å²) in [7, 11) is 1.62. The van der Waals surface area contributed by atoms with E-state index in [1.54, 1.807) is 13.4 Å². The van der Waals surface area contributed by atoms with Crippen LogP contribution in [0.25, 0.3) is 0 Å². The van der Waals surface area contributed by atoms with Crippen molar-refractivity contribution in [2.45, 2.75) is 19.3 Å². The van der Waals surface area contributed by atoms with Crippen molar-refractivity contribution in [1.82, 2.24) is 0 Å². The molecule has 0 spiro atoms. The molecule has 1 heterocycles. The first-order valence-corrected chi connectivity index (χ1v) is 5.25. The molecule has 0 atom stereocenters. The van der Waals surface area contributed by atoms with Crippen molar-refractivity contribution in [1.29, 1.82) is 0 Å². The maximum atomic E-state index is 11.6. The number of hydrogen-bond donors (Lipinski definition) is 0. The zero-order valence-electron chi connectivity index (χ0n) is 9.16. The van der Waals surface area contributed by atoms with Crippen molar-refractivity contribution in [2.75, 3.05) is 33.5 Å². The first-order chi connectivity index (χ1) is 7.34. The second-order valence-corrected chi connectivity index (χ2v) is 3.40. The highest BCUT2D eigenvalue weighted by atomic mass is 16.5. The number of carbonyl (C=O) groups excluding carboxylic acids is 1. The van der Waals surface area contributed by atoms with Crippen LogP contribution >= 0.6 is 0 Å². The van der Waals surface area contributed by atoms with E-state index in [1.807, 2.05) is 0 Å². The number of Topliss-reactive ketones (excluding diaryl/α,β-unsaturated/α-hetero) is 1. The summed E-state index contributed by atoms with van der Waals surface area (Å²) in [6.07, 6.45) is 3.78. The van der Waals surface area contributed by atoms with E-state index in [2.05, 4.69) is 0 Å². The van der Waals surface area contributed by atoms with Crippen LogP contribution in [-0.4, -0.2) is 39.3 Å². The second-order valence-electron chi connectivity index (χ2n) is 3.40. The molecule has 0 saturated carbocycles. The van der Waals surface area contributed by atoms with Gasteiger partial charge in [0, 0.05) is 19.1 Å². The quantitative estimate of drug-likeness (QED) is 0.599. The molecular formula is C11H18O4. The van der Waals surface area contributed by atoms with Gasteiger partial charge in [-0.2, -0.15) is 0 Å². The predicted molar refractivity (Wildman–Crippen MR) is 55.6 cm³/mol. The lowest BCUT2D eigenvalue weighted by molar-refractivity contribution is -0.117. The zero-order chi connectivity index (χ0) is 10.9. The number of ketones is 1. The normalized spacial score (nSPS) is 15.7. The molecule has 0 aromatic carbocycles. The van der Waals surface area contributed by atoms with E-state index in [4.69, 9.17) is 14.2 Å². The summed E-state index contributed by atoms with van der Waals surface area (Å²) in [5, 5.41) is 0. The summed E-state index contributed by atoms with van der Waals surface area (Å²) >= 11 is 0. The van der Waals surface area contributed by atoms with Crippen molar-refractivity contribution >= 4 is 5.78 Å². The number of rotatable bonds is 7. The molecule has 1 rings (SSSR count). The maximum Gasteiger partial charge on any atom is 0.164 e. The Balaban J connectivity index is 2.10. The molecule has 15 heavy (non-hydrogen) atoms. The molecule has 0 saturated heterocycles. The van der Waals surface area contributed by atoms with E-state index in [1.165, 1.54) is 0 Å². The van der Waals surface area contributed by atoms with Gasteiger partial charge in [0.2, 0.25) is 0 Å². The minimum absolute atomic E-state index is 0.132. The van der Waals surface area contributed by atoms with Crippen LogP contribution in [0.4, 0.5) is 0 Å². The van der Waals surface area contributed by atoms with E-state index in [0.29, 0.717) is 26.2 Å². The Kier molecular flexibility index (Phi) is 6.04. The highest BCUT2D eigenvalue weighted by molar-refractivity contribution is 5.95. The summed E-state index contributed by atoms with van der Waals surface area (Å²) in [6.45, 7) is 2.29. The van der Waals surface area contributed by atoms with Gasteiger partial charge in [-0.1, -0.05) is 0 Å². The Labute approximate surface area is 90.2 Å². The fraction of sp³-hybridized carbons (Fsp3) is 0.727. The van der Waals surface area contributed by atoms with Crippen LogP contribution < -0.4 is 0 Å². The van der Waals surface area contributed by atoms with Gasteiger partial charge in [0.05, 0.1) is 32.7 Å². The molecule has 0 radical (unpaired) electrons. The molecule has 0 bridgehead atoms. The molecular weight excluding hydrogens is 196 g/mol. The largest absolute Gasteiger partial charge is 0.501 e. The van der Waals surface area contributed by atoms with Crippen LogP contribution in [0.2, 0.25) is 0 Å². The van der Waals surface area contributed by atoms with Gasteiger partial charge >= 0.3 is 0 Å². The van der Waals surface area contributed by atoms with Gasteiger partial charge in [-0.05, 0) is 12.8 Å². The average Bonchev–Trinajstić information content (AvgIpc) is 2.30. The number of hydrogen-bond acceptors (Lipinski definition) is 4. The standard InChI is InChI=1S/C11H18O4/c1-13-7-8-14-6-4-11(12)10-3-2-5-15-9-10/h9H,2-8H2,1H3.